The van der Waals surface area contributed by atoms with Gasteiger partial charge >= 0.3 is 0 Å². The summed E-state index contributed by atoms with van der Waals surface area (Å²) in [6.07, 6.45) is 2.29. The third kappa shape index (κ3) is 3.31. The van der Waals surface area contributed by atoms with Crippen LogP contribution in [0.5, 0.6) is 0 Å². The quantitative estimate of drug-likeness (QED) is 0.549. The number of carbonyl (C=O) groups is 1. The Hall–Kier alpha value is -3.32. The van der Waals surface area contributed by atoms with Crippen molar-refractivity contribution in [3.05, 3.63) is 71.0 Å². The van der Waals surface area contributed by atoms with Gasteiger partial charge in [0.1, 0.15) is 23.0 Å². The summed E-state index contributed by atoms with van der Waals surface area (Å²) in [5.41, 5.74) is 3.22. The summed E-state index contributed by atoms with van der Waals surface area (Å²) < 4.78 is 5.83. The fourth-order valence-electron chi connectivity index (χ4n) is 2.73. The van der Waals surface area contributed by atoms with Crippen LogP contribution in [0.25, 0.3) is 17.0 Å². The van der Waals surface area contributed by atoms with Crippen LogP contribution in [0.1, 0.15) is 23.8 Å². The first-order valence-electron chi connectivity index (χ1n) is 8.13. The van der Waals surface area contributed by atoms with Crippen molar-refractivity contribution >= 4 is 28.6 Å². The first-order valence-corrected chi connectivity index (χ1v) is 8.13. The molecule has 0 radical (unpaired) electrons. The fourth-order valence-corrected chi connectivity index (χ4v) is 2.73. The molecule has 3 aromatic rings. The number of amides is 1. The number of furan rings is 1. The predicted molar refractivity (Wildman–Crippen MR) is 99.0 cm³/mol. The van der Waals surface area contributed by atoms with E-state index >= 15 is 0 Å². The van der Waals surface area contributed by atoms with Crippen LogP contribution in [0.4, 0.5) is 5.69 Å². The van der Waals surface area contributed by atoms with Gasteiger partial charge in [0.15, 0.2) is 0 Å². The lowest BCUT2D eigenvalue weighted by atomic mass is 10.1. The van der Waals surface area contributed by atoms with Crippen molar-refractivity contribution in [3.8, 4) is 6.07 Å². The van der Waals surface area contributed by atoms with Gasteiger partial charge in [-0.2, -0.15) is 5.26 Å². The summed E-state index contributed by atoms with van der Waals surface area (Å²) in [6.45, 7) is 3.89. The molecule has 25 heavy (non-hydrogen) atoms. The molecule has 0 aliphatic heterocycles. The van der Waals surface area contributed by atoms with Gasteiger partial charge in [0, 0.05) is 23.1 Å². The highest BCUT2D eigenvalue weighted by atomic mass is 16.3. The Bertz CT molecular complexity index is 1010. The first-order chi connectivity index (χ1) is 12.1. The van der Waals surface area contributed by atoms with Gasteiger partial charge in [0.05, 0.1) is 0 Å². The highest BCUT2D eigenvalue weighted by Crippen LogP contribution is 2.28. The molecule has 4 heteroatoms. The van der Waals surface area contributed by atoms with Crippen molar-refractivity contribution in [2.45, 2.75) is 20.3 Å². The molecule has 0 fully saturated rings. The topological polar surface area (TPSA) is 66.0 Å². The molecule has 0 aliphatic rings. The number of aryl methyl sites for hydroxylation is 2. The molecule has 0 unspecified atom stereocenters. The lowest BCUT2D eigenvalue weighted by molar-refractivity contribution is -0.112. The highest BCUT2D eigenvalue weighted by molar-refractivity contribution is 6.11. The van der Waals surface area contributed by atoms with Gasteiger partial charge in [0.2, 0.25) is 0 Å². The van der Waals surface area contributed by atoms with E-state index in [0.717, 1.165) is 27.9 Å². The number of nitrogens with one attached hydrogen (secondary N) is 1. The molecule has 0 spiro atoms. The van der Waals surface area contributed by atoms with Crippen molar-refractivity contribution in [2.75, 3.05) is 5.32 Å². The monoisotopic (exact) mass is 330 g/mol. The number of hydrogen-bond acceptors (Lipinski definition) is 3. The maximum absolute atomic E-state index is 12.5. The minimum atomic E-state index is -0.427. The maximum atomic E-state index is 12.5. The Morgan fingerprint density at radius 1 is 1.20 bits per heavy atom. The average Bonchev–Trinajstić information content (AvgIpc) is 2.99. The second-order valence-corrected chi connectivity index (χ2v) is 5.73. The molecule has 4 nitrogen and oxygen atoms in total. The van der Waals surface area contributed by atoms with E-state index in [9.17, 15) is 10.1 Å². The van der Waals surface area contributed by atoms with Gasteiger partial charge < -0.3 is 9.73 Å². The van der Waals surface area contributed by atoms with Gasteiger partial charge in [-0.15, -0.1) is 0 Å². The molecule has 2 aromatic carbocycles. The standard InChI is InChI=1S/C21H18N2O2/c1-3-19-17(16-9-5-7-11-20(16)25-19)12-15(13-22)21(24)23-18-10-6-4-8-14(18)2/h4-12H,3H2,1-2H3,(H,23,24)/b15-12+. The lowest BCUT2D eigenvalue weighted by Crippen LogP contribution is -2.14. The minimum Gasteiger partial charge on any atom is -0.460 e. The number of nitrogens with zero attached hydrogens (tertiary/aromatic N) is 1. The van der Waals surface area contributed by atoms with E-state index in [1.807, 2.05) is 68.4 Å². The summed E-state index contributed by atoms with van der Waals surface area (Å²) in [6, 6.07) is 17.1. The number of hydrogen-bond donors (Lipinski definition) is 1. The normalized spacial score (nSPS) is 11.3. The Morgan fingerprint density at radius 3 is 2.64 bits per heavy atom. The second-order valence-electron chi connectivity index (χ2n) is 5.73. The molecule has 3 rings (SSSR count). The zero-order valence-corrected chi connectivity index (χ0v) is 14.2. The van der Waals surface area contributed by atoms with Gasteiger partial charge in [-0.25, -0.2) is 0 Å². The molecular formula is C21H18N2O2. The summed E-state index contributed by atoms with van der Waals surface area (Å²) in [4.78, 5) is 12.5. The predicted octanol–water partition coefficient (Wildman–Crippen LogP) is 4.85. The van der Waals surface area contributed by atoms with E-state index in [1.165, 1.54) is 0 Å². The molecule has 0 atom stereocenters. The number of para-hydroxylation sites is 2. The molecule has 1 amide bonds. The summed E-state index contributed by atoms with van der Waals surface area (Å²) >= 11 is 0. The van der Waals surface area contributed by atoms with E-state index in [4.69, 9.17) is 4.42 Å². The molecule has 0 bridgehead atoms. The van der Waals surface area contributed by atoms with E-state index in [0.29, 0.717) is 12.1 Å². The first kappa shape index (κ1) is 16.5. The van der Waals surface area contributed by atoms with Gasteiger partial charge in [-0.3, -0.25) is 4.79 Å². The summed E-state index contributed by atoms with van der Waals surface area (Å²) in [5, 5.41) is 13.2. The molecule has 0 saturated carbocycles. The summed E-state index contributed by atoms with van der Waals surface area (Å²) in [7, 11) is 0. The SMILES string of the molecule is CCc1oc2ccccc2c1/C=C(\C#N)C(=O)Nc1ccccc1C. The summed E-state index contributed by atoms with van der Waals surface area (Å²) in [5.74, 6) is 0.335. The number of carbonyl (C=O) groups excluding carboxylic acids is 1. The molecule has 1 heterocycles. The Balaban J connectivity index is 2.00. The minimum absolute atomic E-state index is 0.0458. The van der Waals surface area contributed by atoms with Crippen LogP contribution < -0.4 is 5.32 Å². The van der Waals surface area contributed by atoms with Crippen LogP contribution in [0.15, 0.2) is 58.5 Å². The Morgan fingerprint density at radius 2 is 1.92 bits per heavy atom. The van der Waals surface area contributed by atoms with Crippen molar-refractivity contribution in [2.24, 2.45) is 0 Å². The highest BCUT2D eigenvalue weighted by Gasteiger charge is 2.15. The zero-order chi connectivity index (χ0) is 17.8. The van der Waals surface area contributed by atoms with Crippen molar-refractivity contribution in [1.29, 1.82) is 5.26 Å². The van der Waals surface area contributed by atoms with Crippen LogP contribution in [-0.2, 0) is 11.2 Å². The van der Waals surface area contributed by atoms with Crippen molar-refractivity contribution in [1.82, 2.24) is 0 Å². The average molecular weight is 330 g/mol. The Kier molecular flexibility index (Phi) is 4.67. The number of nitriles is 1. The maximum Gasteiger partial charge on any atom is 0.266 e. The van der Waals surface area contributed by atoms with E-state index in [-0.39, 0.29) is 5.57 Å². The molecule has 0 saturated heterocycles. The van der Waals surface area contributed by atoms with Gasteiger partial charge in [-0.05, 0) is 30.7 Å². The zero-order valence-electron chi connectivity index (χ0n) is 14.2. The number of anilines is 1. The molecule has 1 aromatic heterocycles. The molecule has 0 aliphatic carbocycles. The van der Waals surface area contributed by atoms with E-state index in [1.54, 1.807) is 6.08 Å². The fraction of sp³-hybridized carbons (Fsp3) is 0.143. The molecule has 1 N–H and O–H groups in total. The number of benzene rings is 2. The number of fused-ring (bicyclic) bond motifs is 1. The van der Waals surface area contributed by atoms with Crippen molar-refractivity contribution in [3.63, 3.8) is 0 Å². The van der Waals surface area contributed by atoms with Gasteiger partial charge in [-0.1, -0.05) is 43.3 Å². The van der Waals surface area contributed by atoms with E-state index < -0.39 is 5.91 Å². The molecular weight excluding hydrogens is 312 g/mol. The smallest absolute Gasteiger partial charge is 0.266 e. The third-order valence-electron chi connectivity index (χ3n) is 4.08. The largest absolute Gasteiger partial charge is 0.460 e. The van der Waals surface area contributed by atoms with Crippen LogP contribution in [0.3, 0.4) is 0 Å². The number of rotatable bonds is 4. The Labute approximate surface area is 146 Å². The second kappa shape index (κ2) is 7.06. The van der Waals surface area contributed by atoms with E-state index in [2.05, 4.69) is 5.32 Å². The lowest BCUT2D eigenvalue weighted by Gasteiger charge is -2.07. The van der Waals surface area contributed by atoms with Crippen molar-refractivity contribution < 1.29 is 9.21 Å². The van der Waals surface area contributed by atoms with Crippen LogP contribution in [-0.4, -0.2) is 5.91 Å². The van der Waals surface area contributed by atoms with Gasteiger partial charge in [0.25, 0.3) is 5.91 Å². The third-order valence-corrected chi connectivity index (χ3v) is 4.08. The molecule has 124 valence electrons. The van der Waals surface area contributed by atoms with Crippen LogP contribution >= 0.6 is 0 Å². The van der Waals surface area contributed by atoms with Crippen LogP contribution in [0.2, 0.25) is 0 Å². The van der Waals surface area contributed by atoms with Crippen LogP contribution in [0, 0.1) is 18.3 Å².